The van der Waals surface area contributed by atoms with Gasteiger partial charge in [0.05, 0.1) is 23.3 Å². The molecule has 0 aliphatic heterocycles. The highest BCUT2D eigenvalue weighted by Gasteiger charge is 2.40. The summed E-state index contributed by atoms with van der Waals surface area (Å²) in [4.78, 5) is 0. The molecule has 1 saturated carbocycles. The quantitative estimate of drug-likeness (QED) is 0.884. The van der Waals surface area contributed by atoms with Gasteiger partial charge in [-0.2, -0.15) is 10.5 Å². The van der Waals surface area contributed by atoms with Crippen molar-refractivity contribution >= 4 is 5.71 Å². The third kappa shape index (κ3) is 2.02. The zero-order chi connectivity index (χ0) is 14.1. The van der Waals surface area contributed by atoms with Gasteiger partial charge in [0, 0.05) is 5.92 Å². The van der Waals surface area contributed by atoms with Crippen molar-refractivity contribution < 1.29 is 0 Å². The van der Waals surface area contributed by atoms with E-state index in [2.05, 4.69) is 12.1 Å². The van der Waals surface area contributed by atoms with Crippen molar-refractivity contribution in [3.8, 4) is 12.1 Å². The van der Waals surface area contributed by atoms with Gasteiger partial charge in [0.1, 0.15) is 6.07 Å². The van der Waals surface area contributed by atoms with Gasteiger partial charge in [0.2, 0.25) is 0 Å². The van der Waals surface area contributed by atoms with Crippen LogP contribution in [0.3, 0.4) is 0 Å². The van der Waals surface area contributed by atoms with Gasteiger partial charge in [-0.1, -0.05) is 30.3 Å². The Labute approximate surface area is 118 Å². The van der Waals surface area contributed by atoms with Gasteiger partial charge in [0.25, 0.3) is 0 Å². The summed E-state index contributed by atoms with van der Waals surface area (Å²) in [6.07, 6.45) is 2.98. The molecule has 98 valence electrons. The standard InChI is InChI=1S/C17H15N3/c18-9-15-13(11-4-2-1-3-5-11)8-14(12-6-7-12)16(10-19)17(15)20/h1-5,12-13,15,20H,6-8H2/t13-,15?/m0/s1. The molecule has 0 amide bonds. The molecule has 1 fully saturated rings. The fourth-order valence-corrected chi connectivity index (χ4v) is 3.09. The minimum Gasteiger partial charge on any atom is -0.303 e. The maximum absolute atomic E-state index is 9.42. The van der Waals surface area contributed by atoms with Crippen LogP contribution in [0.15, 0.2) is 41.5 Å². The van der Waals surface area contributed by atoms with Crippen LogP contribution in [0.4, 0.5) is 0 Å². The first kappa shape index (κ1) is 12.6. The summed E-state index contributed by atoms with van der Waals surface area (Å²) < 4.78 is 0. The molecule has 3 heteroatoms. The van der Waals surface area contributed by atoms with E-state index < -0.39 is 5.92 Å². The average molecular weight is 261 g/mol. The molecule has 0 radical (unpaired) electrons. The monoisotopic (exact) mass is 261 g/mol. The molecular weight excluding hydrogens is 246 g/mol. The predicted octanol–water partition coefficient (Wildman–Crippen LogP) is 3.56. The van der Waals surface area contributed by atoms with Crippen LogP contribution in [0.2, 0.25) is 0 Å². The summed E-state index contributed by atoms with van der Waals surface area (Å²) in [6.45, 7) is 0. The van der Waals surface area contributed by atoms with Gasteiger partial charge in [-0.15, -0.1) is 0 Å². The lowest BCUT2D eigenvalue weighted by atomic mass is 9.71. The van der Waals surface area contributed by atoms with Crippen molar-refractivity contribution in [2.75, 3.05) is 0 Å². The van der Waals surface area contributed by atoms with Gasteiger partial charge < -0.3 is 5.41 Å². The van der Waals surface area contributed by atoms with E-state index in [9.17, 15) is 10.5 Å². The van der Waals surface area contributed by atoms with Crippen molar-refractivity contribution in [3.63, 3.8) is 0 Å². The number of benzene rings is 1. The number of hydrogen-bond donors (Lipinski definition) is 1. The van der Waals surface area contributed by atoms with E-state index in [1.165, 1.54) is 0 Å². The summed E-state index contributed by atoms with van der Waals surface area (Å²) in [5, 5.41) is 27.0. The summed E-state index contributed by atoms with van der Waals surface area (Å²) in [5.41, 5.74) is 2.90. The number of hydrogen-bond acceptors (Lipinski definition) is 3. The minimum absolute atomic E-state index is 0.0152. The van der Waals surface area contributed by atoms with Crippen LogP contribution in [0, 0.1) is 39.9 Å². The predicted molar refractivity (Wildman–Crippen MR) is 76.0 cm³/mol. The first-order valence-corrected chi connectivity index (χ1v) is 6.92. The zero-order valence-corrected chi connectivity index (χ0v) is 11.1. The molecule has 2 aliphatic rings. The molecule has 0 bridgehead atoms. The third-order valence-electron chi connectivity index (χ3n) is 4.29. The Morgan fingerprint density at radius 2 is 1.80 bits per heavy atom. The highest BCUT2D eigenvalue weighted by molar-refractivity contribution is 6.06. The summed E-state index contributed by atoms with van der Waals surface area (Å²) in [6, 6.07) is 14.3. The topological polar surface area (TPSA) is 71.4 Å². The first-order valence-electron chi connectivity index (χ1n) is 6.92. The van der Waals surface area contributed by atoms with Gasteiger partial charge >= 0.3 is 0 Å². The van der Waals surface area contributed by atoms with Crippen LogP contribution < -0.4 is 0 Å². The second-order valence-corrected chi connectivity index (χ2v) is 5.53. The van der Waals surface area contributed by atoms with Crippen LogP contribution >= 0.6 is 0 Å². The second-order valence-electron chi connectivity index (χ2n) is 5.53. The molecule has 1 aromatic rings. The van der Waals surface area contributed by atoms with E-state index in [0.29, 0.717) is 11.5 Å². The number of nitrogens with zero attached hydrogens (tertiary/aromatic N) is 2. The Morgan fingerprint density at radius 3 is 2.35 bits per heavy atom. The molecule has 20 heavy (non-hydrogen) atoms. The lowest BCUT2D eigenvalue weighted by Gasteiger charge is -2.30. The van der Waals surface area contributed by atoms with E-state index in [-0.39, 0.29) is 11.6 Å². The minimum atomic E-state index is -0.505. The van der Waals surface area contributed by atoms with Crippen molar-refractivity contribution in [2.24, 2.45) is 11.8 Å². The summed E-state index contributed by atoms with van der Waals surface area (Å²) in [7, 11) is 0. The van der Waals surface area contributed by atoms with Gasteiger partial charge in [0.15, 0.2) is 0 Å². The third-order valence-corrected chi connectivity index (χ3v) is 4.29. The molecule has 0 saturated heterocycles. The molecule has 3 rings (SSSR count). The number of nitrogens with one attached hydrogen (secondary N) is 1. The van der Waals surface area contributed by atoms with Crippen molar-refractivity contribution in [1.29, 1.82) is 15.9 Å². The SMILES string of the molecule is N#CC1=C(C2CC2)C[C@@H](c2ccccc2)C(C#N)C1=N. The summed E-state index contributed by atoms with van der Waals surface area (Å²) in [5.74, 6) is -0.0215. The molecule has 0 spiro atoms. The Morgan fingerprint density at radius 1 is 1.10 bits per heavy atom. The van der Waals surface area contributed by atoms with Crippen LogP contribution in [0.5, 0.6) is 0 Å². The van der Waals surface area contributed by atoms with Gasteiger partial charge in [-0.05, 0) is 36.3 Å². The maximum Gasteiger partial charge on any atom is 0.101 e. The normalized spacial score (nSPS) is 26.0. The lowest BCUT2D eigenvalue weighted by Crippen LogP contribution is -2.28. The maximum atomic E-state index is 9.42. The van der Waals surface area contributed by atoms with E-state index in [1.807, 2.05) is 30.3 Å². The molecular formula is C17H15N3. The van der Waals surface area contributed by atoms with Crippen LogP contribution in [-0.2, 0) is 0 Å². The number of nitriles is 2. The van der Waals surface area contributed by atoms with Gasteiger partial charge in [-0.25, -0.2) is 0 Å². The Kier molecular flexibility index (Phi) is 3.12. The Balaban J connectivity index is 2.05. The summed E-state index contributed by atoms with van der Waals surface area (Å²) >= 11 is 0. The molecule has 2 atom stereocenters. The van der Waals surface area contributed by atoms with E-state index in [4.69, 9.17) is 5.41 Å². The van der Waals surface area contributed by atoms with Gasteiger partial charge in [-0.3, -0.25) is 0 Å². The van der Waals surface area contributed by atoms with E-state index in [0.717, 1.165) is 30.4 Å². The first-order chi connectivity index (χ1) is 9.76. The lowest BCUT2D eigenvalue weighted by molar-refractivity contribution is 0.584. The zero-order valence-electron chi connectivity index (χ0n) is 11.1. The molecule has 0 aromatic heterocycles. The fraction of sp³-hybridized carbons (Fsp3) is 0.353. The molecule has 1 N–H and O–H groups in total. The average Bonchev–Trinajstić information content (AvgIpc) is 3.31. The number of rotatable bonds is 2. The Hall–Kier alpha value is -2.39. The molecule has 3 nitrogen and oxygen atoms in total. The van der Waals surface area contributed by atoms with E-state index in [1.54, 1.807) is 0 Å². The smallest absolute Gasteiger partial charge is 0.101 e. The highest BCUT2D eigenvalue weighted by Crippen LogP contribution is 2.48. The van der Waals surface area contributed by atoms with E-state index >= 15 is 0 Å². The molecule has 0 heterocycles. The number of allylic oxidation sites excluding steroid dienone is 2. The van der Waals surface area contributed by atoms with Crippen molar-refractivity contribution in [2.45, 2.75) is 25.2 Å². The molecule has 2 aliphatic carbocycles. The van der Waals surface area contributed by atoms with Crippen molar-refractivity contribution in [1.82, 2.24) is 0 Å². The largest absolute Gasteiger partial charge is 0.303 e. The fourth-order valence-electron chi connectivity index (χ4n) is 3.09. The van der Waals surface area contributed by atoms with Crippen LogP contribution in [0.25, 0.3) is 0 Å². The molecule has 1 aromatic carbocycles. The Bertz CT molecular complexity index is 654. The van der Waals surface area contributed by atoms with Crippen LogP contribution in [0.1, 0.15) is 30.7 Å². The second kappa shape index (κ2) is 4.94. The highest BCUT2D eigenvalue weighted by atomic mass is 14.5. The van der Waals surface area contributed by atoms with Crippen LogP contribution in [-0.4, -0.2) is 5.71 Å². The molecule has 1 unspecified atom stereocenters. The van der Waals surface area contributed by atoms with Crippen molar-refractivity contribution in [3.05, 3.63) is 47.0 Å².